The molecular formula is C25H50N2O3S. The molecule has 0 aromatic heterocycles. The van der Waals surface area contributed by atoms with Gasteiger partial charge in [-0.05, 0) is 39.7 Å². The summed E-state index contributed by atoms with van der Waals surface area (Å²) in [5.41, 5.74) is 0. The van der Waals surface area contributed by atoms with Crippen molar-refractivity contribution in [2.24, 2.45) is 0 Å². The van der Waals surface area contributed by atoms with E-state index in [1.54, 1.807) is 0 Å². The average molecular weight is 459 g/mol. The number of carbonyl (C=O) groups is 2. The fourth-order valence-electron chi connectivity index (χ4n) is 3.80. The third-order valence-electron chi connectivity index (χ3n) is 5.73. The molecule has 0 saturated heterocycles. The van der Waals surface area contributed by atoms with E-state index in [9.17, 15) is 9.59 Å². The summed E-state index contributed by atoms with van der Waals surface area (Å²) >= 11 is 1.43. The van der Waals surface area contributed by atoms with Crippen LogP contribution in [0.4, 0.5) is 0 Å². The highest BCUT2D eigenvalue weighted by molar-refractivity contribution is 7.98. The van der Waals surface area contributed by atoms with Crippen molar-refractivity contribution in [1.29, 1.82) is 0 Å². The summed E-state index contributed by atoms with van der Waals surface area (Å²) in [6.07, 6.45) is 23.1. The quantitative estimate of drug-likeness (QED) is 0.181. The Morgan fingerprint density at radius 2 is 1.13 bits per heavy atom. The Morgan fingerprint density at radius 3 is 1.48 bits per heavy atom. The zero-order chi connectivity index (χ0) is 23.2. The second kappa shape index (κ2) is 22.4. The van der Waals surface area contributed by atoms with E-state index in [0.29, 0.717) is 12.2 Å². The number of unbranched alkanes of at least 4 members (excludes halogenated alkanes) is 15. The van der Waals surface area contributed by atoms with Crippen LogP contribution in [0, 0.1) is 0 Å². The SMILES string of the molecule is CSCC(NC(=O)CCCCCCCCCCCCCCCCCCN(C)C)C(=O)O. The van der Waals surface area contributed by atoms with Crippen molar-refractivity contribution in [2.45, 2.75) is 115 Å². The Kier molecular flexibility index (Phi) is 21.9. The number of carboxylic acids is 1. The molecular weight excluding hydrogens is 408 g/mol. The van der Waals surface area contributed by atoms with E-state index in [1.165, 1.54) is 108 Å². The molecule has 0 radical (unpaired) electrons. The van der Waals surface area contributed by atoms with Crippen molar-refractivity contribution in [3.8, 4) is 0 Å². The van der Waals surface area contributed by atoms with Gasteiger partial charge in [-0.15, -0.1) is 0 Å². The van der Waals surface area contributed by atoms with E-state index in [-0.39, 0.29) is 5.91 Å². The molecule has 0 fully saturated rings. The number of aliphatic carboxylic acids is 1. The lowest BCUT2D eigenvalue weighted by atomic mass is 10.0. The summed E-state index contributed by atoms with van der Waals surface area (Å²) in [4.78, 5) is 25.1. The van der Waals surface area contributed by atoms with Crippen LogP contribution >= 0.6 is 11.8 Å². The Bertz CT molecular complexity index is 433. The monoisotopic (exact) mass is 458 g/mol. The zero-order valence-corrected chi connectivity index (χ0v) is 21.4. The summed E-state index contributed by atoms with van der Waals surface area (Å²) in [5.74, 6) is -0.669. The molecule has 0 saturated carbocycles. The first-order valence-electron chi connectivity index (χ1n) is 12.6. The molecule has 1 amide bonds. The number of amides is 1. The fraction of sp³-hybridized carbons (Fsp3) is 0.920. The topological polar surface area (TPSA) is 69.6 Å². The molecule has 2 N–H and O–H groups in total. The molecule has 1 atom stereocenters. The third-order valence-corrected chi connectivity index (χ3v) is 6.39. The van der Waals surface area contributed by atoms with Crippen LogP contribution in [-0.4, -0.2) is 60.6 Å². The molecule has 1 unspecified atom stereocenters. The van der Waals surface area contributed by atoms with E-state index in [4.69, 9.17) is 5.11 Å². The molecule has 0 aliphatic carbocycles. The number of thioether (sulfide) groups is 1. The van der Waals surface area contributed by atoms with Crippen molar-refractivity contribution in [3.63, 3.8) is 0 Å². The Balaban J connectivity index is 3.28. The van der Waals surface area contributed by atoms with Crippen molar-refractivity contribution >= 4 is 23.6 Å². The van der Waals surface area contributed by atoms with Gasteiger partial charge < -0.3 is 15.3 Å². The predicted molar refractivity (Wildman–Crippen MR) is 135 cm³/mol. The number of rotatable bonds is 23. The number of carbonyl (C=O) groups excluding carboxylic acids is 1. The van der Waals surface area contributed by atoms with Gasteiger partial charge in [0.15, 0.2) is 0 Å². The van der Waals surface area contributed by atoms with E-state index >= 15 is 0 Å². The van der Waals surface area contributed by atoms with Crippen LogP contribution in [0.15, 0.2) is 0 Å². The van der Waals surface area contributed by atoms with Gasteiger partial charge in [0.2, 0.25) is 5.91 Å². The smallest absolute Gasteiger partial charge is 0.327 e. The zero-order valence-electron chi connectivity index (χ0n) is 20.6. The molecule has 0 bridgehead atoms. The first-order chi connectivity index (χ1) is 15.0. The molecule has 6 heteroatoms. The maximum Gasteiger partial charge on any atom is 0.327 e. The second-order valence-electron chi connectivity index (χ2n) is 9.12. The first kappa shape index (κ1) is 30.2. The van der Waals surface area contributed by atoms with Crippen LogP contribution in [-0.2, 0) is 9.59 Å². The lowest BCUT2D eigenvalue weighted by Crippen LogP contribution is -2.42. The molecule has 0 aliphatic heterocycles. The summed E-state index contributed by atoms with van der Waals surface area (Å²) in [5, 5.41) is 11.7. The van der Waals surface area contributed by atoms with Crippen LogP contribution < -0.4 is 5.32 Å². The van der Waals surface area contributed by atoms with Gasteiger partial charge in [0.25, 0.3) is 0 Å². The molecule has 0 spiro atoms. The van der Waals surface area contributed by atoms with Gasteiger partial charge in [0.1, 0.15) is 6.04 Å². The van der Waals surface area contributed by atoms with Gasteiger partial charge in [-0.1, -0.05) is 89.9 Å². The number of nitrogens with zero attached hydrogens (tertiary/aromatic N) is 1. The van der Waals surface area contributed by atoms with E-state index < -0.39 is 12.0 Å². The highest BCUT2D eigenvalue weighted by Gasteiger charge is 2.18. The Labute approximate surface area is 196 Å². The van der Waals surface area contributed by atoms with Crippen LogP contribution in [0.1, 0.15) is 109 Å². The molecule has 184 valence electrons. The summed E-state index contributed by atoms with van der Waals surface area (Å²) in [6, 6.07) is -0.763. The highest BCUT2D eigenvalue weighted by atomic mass is 32.2. The van der Waals surface area contributed by atoms with Crippen LogP contribution in [0.5, 0.6) is 0 Å². The second-order valence-corrected chi connectivity index (χ2v) is 10.0. The molecule has 5 nitrogen and oxygen atoms in total. The van der Waals surface area contributed by atoms with Gasteiger partial charge in [-0.3, -0.25) is 4.79 Å². The fourth-order valence-corrected chi connectivity index (χ4v) is 4.36. The minimum absolute atomic E-state index is 0.134. The third kappa shape index (κ3) is 22.2. The molecule has 0 aromatic carbocycles. The lowest BCUT2D eigenvalue weighted by Gasteiger charge is -2.13. The Hall–Kier alpha value is -0.750. The standard InChI is InChI=1S/C25H50N2O3S/c1-27(2)21-19-17-15-13-11-9-7-5-4-6-8-10-12-14-16-18-20-24(28)26-23(22-31-3)25(29)30/h23H,4-22H2,1-3H3,(H,26,28)(H,29,30). The number of hydrogen-bond acceptors (Lipinski definition) is 4. The maximum absolute atomic E-state index is 11.8. The van der Waals surface area contributed by atoms with Crippen molar-refractivity contribution in [1.82, 2.24) is 10.2 Å². The highest BCUT2D eigenvalue weighted by Crippen LogP contribution is 2.14. The number of hydrogen-bond donors (Lipinski definition) is 2. The van der Waals surface area contributed by atoms with Crippen molar-refractivity contribution in [3.05, 3.63) is 0 Å². The minimum atomic E-state index is -0.950. The van der Waals surface area contributed by atoms with Crippen LogP contribution in [0.3, 0.4) is 0 Å². The summed E-state index contributed by atoms with van der Waals surface area (Å²) in [6.45, 7) is 1.23. The van der Waals surface area contributed by atoms with Gasteiger partial charge in [-0.2, -0.15) is 11.8 Å². The lowest BCUT2D eigenvalue weighted by molar-refractivity contribution is -0.141. The minimum Gasteiger partial charge on any atom is -0.480 e. The van der Waals surface area contributed by atoms with Gasteiger partial charge >= 0.3 is 5.97 Å². The molecule has 0 heterocycles. The normalized spacial score (nSPS) is 12.3. The average Bonchev–Trinajstić information content (AvgIpc) is 2.72. The predicted octanol–water partition coefficient (Wildman–Crippen LogP) is 6.11. The van der Waals surface area contributed by atoms with Crippen molar-refractivity contribution < 1.29 is 14.7 Å². The van der Waals surface area contributed by atoms with Crippen molar-refractivity contribution in [2.75, 3.05) is 32.6 Å². The van der Waals surface area contributed by atoms with Gasteiger partial charge in [0, 0.05) is 12.2 Å². The van der Waals surface area contributed by atoms with Gasteiger partial charge in [-0.25, -0.2) is 4.79 Å². The van der Waals surface area contributed by atoms with Crippen LogP contribution in [0.2, 0.25) is 0 Å². The molecule has 0 rings (SSSR count). The Morgan fingerprint density at radius 1 is 0.742 bits per heavy atom. The van der Waals surface area contributed by atoms with E-state index in [1.807, 2.05) is 6.26 Å². The first-order valence-corrected chi connectivity index (χ1v) is 14.0. The maximum atomic E-state index is 11.8. The summed E-state index contributed by atoms with van der Waals surface area (Å²) in [7, 11) is 4.30. The van der Waals surface area contributed by atoms with E-state index in [0.717, 1.165) is 12.8 Å². The van der Waals surface area contributed by atoms with Gasteiger partial charge in [0.05, 0.1) is 0 Å². The number of nitrogens with one attached hydrogen (secondary N) is 1. The molecule has 31 heavy (non-hydrogen) atoms. The van der Waals surface area contributed by atoms with Crippen LogP contribution in [0.25, 0.3) is 0 Å². The molecule has 0 aromatic rings. The molecule has 0 aliphatic rings. The largest absolute Gasteiger partial charge is 0.480 e. The summed E-state index contributed by atoms with van der Waals surface area (Å²) < 4.78 is 0. The number of carboxylic acid groups (broad SMARTS) is 1. The van der Waals surface area contributed by atoms with E-state index in [2.05, 4.69) is 24.3 Å².